The first-order valence-electron chi connectivity index (χ1n) is 9.35. The molecule has 0 aliphatic heterocycles. The van der Waals surface area contributed by atoms with E-state index in [1.54, 1.807) is 32.2 Å². The molecule has 2 heterocycles. The molecule has 0 aliphatic rings. The largest absolute Gasteiger partial charge is 0.461 e. The van der Waals surface area contributed by atoms with Crippen molar-refractivity contribution in [2.24, 2.45) is 0 Å². The molecule has 0 saturated carbocycles. The third kappa shape index (κ3) is 4.91. The number of nitrogens with one attached hydrogen (secondary N) is 1. The van der Waals surface area contributed by atoms with E-state index >= 15 is 0 Å². The second-order valence-electron chi connectivity index (χ2n) is 6.46. The molecule has 31 heavy (non-hydrogen) atoms. The Morgan fingerprint density at radius 1 is 1.16 bits per heavy atom. The molecule has 0 unspecified atom stereocenters. The number of aromatic nitrogens is 2. The van der Waals surface area contributed by atoms with Gasteiger partial charge >= 0.3 is 0 Å². The minimum Gasteiger partial charge on any atom is -0.461 e. The van der Waals surface area contributed by atoms with Gasteiger partial charge in [-0.15, -0.1) is 11.8 Å². The molecule has 2 amide bonds. The second kappa shape index (κ2) is 9.69. The lowest BCUT2D eigenvalue weighted by molar-refractivity contribution is -0.116. The van der Waals surface area contributed by atoms with Gasteiger partial charge in [0, 0.05) is 6.54 Å². The van der Waals surface area contributed by atoms with Gasteiger partial charge in [0.05, 0.1) is 17.5 Å². The van der Waals surface area contributed by atoms with Gasteiger partial charge in [-0.3, -0.25) is 9.59 Å². The highest BCUT2D eigenvalue weighted by atomic mass is 32.2. The Kier molecular flexibility index (Phi) is 7.01. The topological polar surface area (TPSA) is 88.3 Å². The number of rotatable bonds is 7. The number of amides is 2. The van der Waals surface area contributed by atoms with Crippen LogP contribution in [0.4, 0.5) is 14.5 Å². The summed E-state index contributed by atoms with van der Waals surface area (Å²) in [5, 5.41) is 2.62. The van der Waals surface area contributed by atoms with E-state index < -0.39 is 35.7 Å². The van der Waals surface area contributed by atoms with Gasteiger partial charge in [-0.05, 0) is 44.4 Å². The number of benzene rings is 1. The molecule has 0 atom stereocenters. The molecular formula is C21H20F2N4O3S. The number of carbonyl (C=O) groups is 2. The van der Waals surface area contributed by atoms with Crippen molar-refractivity contribution in [2.75, 3.05) is 24.7 Å². The van der Waals surface area contributed by atoms with Crippen molar-refractivity contribution in [1.82, 2.24) is 14.9 Å². The molecule has 7 nitrogen and oxygen atoms in total. The van der Waals surface area contributed by atoms with Crippen LogP contribution in [0, 0.1) is 18.6 Å². The smallest absolute Gasteiger partial charge is 0.258 e. The number of aryl methyl sites for hydroxylation is 1. The Labute approximate surface area is 181 Å². The van der Waals surface area contributed by atoms with E-state index in [0.29, 0.717) is 22.3 Å². The Bertz CT molecular complexity index is 1090. The molecule has 3 rings (SSSR count). The van der Waals surface area contributed by atoms with Gasteiger partial charge in [-0.2, -0.15) is 0 Å². The minimum absolute atomic E-state index is 0.194. The molecule has 162 valence electrons. The Hall–Kier alpha value is -3.27. The molecule has 0 fully saturated rings. The molecule has 3 aromatic rings. The first-order chi connectivity index (χ1) is 14.8. The quantitative estimate of drug-likeness (QED) is 0.433. The lowest BCUT2D eigenvalue weighted by atomic mass is 10.2. The van der Waals surface area contributed by atoms with Crippen LogP contribution >= 0.6 is 11.8 Å². The number of anilines is 1. The number of halogens is 2. The number of furan rings is 1. The number of carbonyl (C=O) groups excluding carboxylic acids is 2. The maximum absolute atomic E-state index is 13.8. The van der Waals surface area contributed by atoms with Gasteiger partial charge in [-0.25, -0.2) is 18.7 Å². The standard InChI is InChI=1S/C21H20F2N4O3S/c1-4-27(11-16(28)25-18-13(22)7-5-8-14(18)23)21(29)17-12(2)24-19(26-20(17)31-3)15-9-6-10-30-15/h5-10H,4,11H2,1-3H3,(H,25,28). The molecule has 1 aromatic carbocycles. The fourth-order valence-electron chi connectivity index (χ4n) is 2.91. The van der Waals surface area contributed by atoms with E-state index in [0.717, 1.165) is 12.1 Å². The Morgan fingerprint density at radius 3 is 2.45 bits per heavy atom. The average molecular weight is 446 g/mol. The van der Waals surface area contributed by atoms with Crippen LogP contribution in [0.1, 0.15) is 23.0 Å². The summed E-state index contributed by atoms with van der Waals surface area (Å²) < 4.78 is 32.9. The molecule has 2 aromatic heterocycles. The van der Waals surface area contributed by atoms with Crippen molar-refractivity contribution < 1.29 is 22.8 Å². The third-order valence-corrected chi connectivity index (χ3v) is 5.12. The monoisotopic (exact) mass is 446 g/mol. The molecule has 10 heteroatoms. The average Bonchev–Trinajstić information content (AvgIpc) is 3.28. The van der Waals surface area contributed by atoms with E-state index in [1.165, 1.54) is 29.0 Å². The number of para-hydroxylation sites is 1. The molecule has 1 N–H and O–H groups in total. The summed E-state index contributed by atoms with van der Waals surface area (Å²) in [6.07, 6.45) is 3.27. The van der Waals surface area contributed by atoms with E-state index in [2.05, 4.69) is 15.3 Å². The van der Waals surface area contributed by atoms with E-state index in [9.17, 15) is 18.4 Å². The van der Waals surface area contributed by atoms with Gasteiger partial charge in [0.2, 0.25) is 5.91 Å². The second-order valence-corrected chi connectivity index (χ2v) is 7.25. The predicted octanol–water partition coefficient (Wildman–Crippen LogP) is 4.15. The zero-order valence-electron chi connectivity index (χ0n) is 17.1. The summed E-state index contributed by atoms with van der Waals surface area (Å²) in [7, 11) is 0. The first-order valence-corrected chi connectivity index (χ1v) is 10.6. The summed E-state index contributed by atoms with van der Waals surface area (Å²) in [4.78, 5) is 35.6. The summed E-state index contributed by atoms with van der Waals surface area (Å²) in [5.41, 5.74) is 0.132. The van der Waals surface area contributed by atoms with E-state index in [4.69, 9.17) is 4.42 Å². The minimum atomic E-state index is -0.898. The number of hydrogen-bond donors (Lipinski definition) is 1. The maximum atomic E-state index is 13.8. The van der Waals surface area contributed by atoms with Crippen molar-refractivity contribution in [1.29, 1.82) is 0 Å². The summed E-state index contributed by atoms with van der Waals surface area (Å²) in [5.74, 6) is -2.17. The fraction of sp³-hybridized carbons (Fsp3) is 0.238. The van der Waals surface area contributed by atoms with Gasteiger partial charge in [-0.1, -0.05) is 6.07 Å². The van der Waals surface area contributed by atoms with Gasteiger partial charge in [0.25, 0.3) is 5.91 Å². The highest BCUT2D eigenvalue weighted by Crippen LogP contribution is 2.26. The van der Waals surface area contributed by atoms with Gasteiger partial charge in [0.1, 0.15) is 28.9 Å². The van der Waals surface area contributed by atoms with Crippen LogP contribution in [0.3, 0.4) is 0 Å². The summed E-state index contributed by atoms with van der Waals surface area (Å²) in [6.45, 7) is 3.17. The third-order valence-electron chi connectivity index (χ3n) is 4.44. The highest BCUT2D eigenvalue weighted by molar-refractivity contribution is 7.98. The van der Waals surface area contributed by atoms with Crippen LogP contribution in [0.25, 0.3) is 11.6 Å². The molecule has 0 bridgehead atoms. The van der Waals surface area contributed by atoms with E-state index in [1.807, 2.05) is 0 Å². The first kappa shape index (κ1) is 22.4. The van der Waals surface area contributed by atoms with Crippen LogP contribution in [0.2, 0.25) is 0 Å². The van der Waals surface area contributed by atoms with Crippen molar-refractivity contribution in [3.63, 3.8) is 0 Å². The highest BCUT2D eigenvalue weighted by Gasteiger charge is 2.25. The van der Waals surface area contributed by atoms with Crippen molar-refractivity contribution >= 4 is 29.3 Å². The molecule has 0 spiro atoms. The summed E-state index contributed by atoms with van der Waals surface area (Å²) in [6, 6.07) is 6.69. The number of thioether (sulfide) groups is 1. The van der Waals surface area contributed by atoms with Crippen LogP contribution in [-0.2, 0) is 4.79 Å². The molecular weight excluding hydrogens is 426 g/mol. The molecule has 0 saturated heterocycles. The molecule has 0 radical (unpaired) electrons. The van der Waals surface area contributed by atoms with Crippen LogP contribution < -0.4 is 5.32 Å². The van der Waals surface area contributed by atoms with Crippen molar-refractivity contribution in [2.45, 2.75) is 18.9 Å². The normalized spacial score (nSPS) is 10.7. The summed E-state index contributed by atoms with van der Waals surface area (Å²) >= 11 is 1.26. The Morgan fingerprint density at radius 2 is 1.87 bits per heavy atom. The van der Waals surface area contributed by atoms with Crippen molar-refractivity contribution in [3.05, 3.63) is 59.5 Å². The van der Waals surface area contributed by atoms with Crippen LogP contribution in [-0.4, -0.2) is 46.0 Å². The lowest BCUT2D eigenvalue weighted by Crippen LogP contribution is -2.38. The number of nitrogens with zero attached hydrogens (tertiary/aromatic N) is 3. The predicted molar refractivity (Wildman–Crippen MR) is 113 cm³/mol. The SMILES string of the molecule is CCN(CC(=O)Nc1c(F)cccc1F)C(=O)c1c(C)nc(-c2ccco2)nc1SC. The molecule has 0 aliphatic carbocycles. The van der Waals surface area contributed by atoms with Gasteiger partial charge < -0.3 is 14.6 Å². The van der Waals surface area contributed by atoms with Gasteiger partial charge in [0.15, 0.2) is 11.6 Å². The lowest BCUT2D eigenvalue weighted by Gasteiger charge is -2.22. The van der Waals surface area contributed by atoms with Crippen LogP contribution in [0.15, 0.2) is 46.0 Å². The van der Waals surface area contributed by atoms with Crippen molar-refractivity contribution in [3.8, 4) is 11.6 Å². The van der Waals surface area contributed by atoms with E-state index in [-0.39, 0.29) is 12.1 Å². The zero-order valence-corrected chi connectivity index (χ0v) is 17.9. The number of likely N-dealkylation sites (N-methyl/N-ethyl adjacent to an activating group) is 1. The number of hydrogen-bond acceptors (Lipinski definition) is 6. The maximum Gasteiger partial charge on any atom is 0.258 e. The Balaban J connectivity index is 1.84. The van der Waals surface area contributed by atoms with Crippen LogP contribution in [0.5, 0.6) is 0 Å². The zero-order chi connectivity index (χ0) is 22.5. The fourth-order valence-corrected chi connectivity index (χ4v) is 3.53.